The molecule has 2 rings (SSSR count). The summed E-state index contributed by atoms with van der Waals surface area (Å²) in [6.07, 6.45) is 2.67. The first kappa shape index (κ1) is 14.5. The fourth-order valence-corrected chi connectivity index (χ4v) is 3.68. The minimum Gasteiger partial charge on any atom is -0.329 e. The zero-order chi connectivity index (χ0) is 14.0. The Kier molecular flexibility index (Phi) is 4.64. The van der Waals surface area contributed by atoms with E-state index in [-0.39, 0.29) is 0 Å². The minimum absolute atomic E-state index is 0.392. The van der Waals surface area contributed by atoms with Gasteiger partial charge in [0.1, 0.15) is 0 Å². The highest BCUT2D eigenvalue weighted by molar-refractivity contribution is 5.40. The molecule has 0 saturated carbocycles. The minimum atomic E-state index is 0.392. The average Bonchev–Trinajstić information content (AvgIpc) is 2.33. The fraction of sp³-hybridized carbons (Fsp3) is 0.647. The molecule has 19 heavy (non-hydrogen) atoms. The topological polar surface area (TPSA) is 29.3 Å². The number of likely N-dealkylation sites (tertiary alicyclic amines) is 1. The monoisotopic (exact) mass is 260 g/mol. The van der Waals surface area contributed by atoms with Crippen molar-refractivity contribution in [3.05, 3.63) is 34.4 Å². The third-order valence-corrected chi connectivity index (χ3v) is 4.42. The molecule has 1 aromatic carbocycles. The van der Waals surface area contributed by atoms with Gasteiger partial charge in [-0.15, -0.1) is 0 Å². The van der Waals surface area contributed by atoms with Gasteiger partial charge in [0.15, 0.2) is 0 Å². The molecule has 0 amide bonds. The lowest BCUT2D eigenvalue weighted by Gasteiger charge is -2.38. The van der Waals surface area contributed by atoms with E-state index in [9.17, 15) is 0 Å². The van der Waals surface area contributed by atoms with E-state index in [1.54, 1.807) is 0 Å². The van der Waals surface area contributed by atoms with Gasteiger partial charge in [0.25, 0.3) is 0 Å². The van der Waals surface area contributed by atoms with Crippen molar-refractivity contribution in [3.63, 3.8) is 0 Å². The number of hydrogen-bond donors (Lipinski definition) is 1. The van der Waals surface area contributed by atoms with Gasteiger partial charge >= 0.3 is 0 Å². The molecule has 0 aromatic heterocycles. The Balaban J connectivity index is 2.31. The van der Waals surface area contributed by atoms with Gasteiger partial charge in [-0.1, -0.05) is 24.6 Å². The van der Waals surface area contributed by atoms with Gasteiger partial charge in [-0.2, -0.15) is 0 Å². The first-order valence-corrected chi connectivity index (χ1v) is 7.54. The number of nitrogens with zero attached hydrogens (tertiary/aromatic N) is 1. The number of hydrogen-bond acceptors (Lipinski definition) is 2. The Labute approximate surface area is 118 Å². The van der Waals surface area contributed by atoms with Crippen molar-refractivity contribution in [2.45, 2.75) is 46.6 Å². The number of rotatable bonds is 3. The fourth-order valence-electron chi connectivity index (χ4n) is 3.68. The number of aryl methyl sites for hydroxylation is 3. The van der Waals surface area contributed by atoms with Gasteiger partial charge in [0.2, 0.25) is 0 Å². The first-order valence-electron chi connectivity index (χ1n) is 7.54. The van der Waals surface area contributed by atoms with Gasteiger partial charge in [-0.05, 0) is 62.8 Å². The molecule has 2 N–H and O–H groups in total. The molecule has 0 bridgehead atoms. The van der Waals surface area contributed by atoms with Crippen molar-refractivity contribution >= 4 is 0 Å². The van der Waals surface area contributed by atoms with Crippen LogP contribution in [0.4, 0.5) is 0 Å². The molecule has 1 fully saturated rings. The molecular weight excluding hydrogens is 232 g/mol. The van der Waals surface area contributed by atoms with Gasteiger partial charge in [0.05, 0.1) is 0 Å². The lowest BCUT2D eigenvalue weighted by atomic mass is 9.90. The van der Waals surface area contributed by atoms with Gasteiger partial charge in [-0.25, -0.2) is 0 Å². The van der Waals surface area contributed by atoms with Crippen LogP contribution >= 0.6 is 0 Å². The second kappa shape index (κ2) is 6.06. The van der Waals surface area contributed by atoms with Crippen LogP contribution in [0, 0.1) is 26.7 Å². The molecule has 0 aliphatic carbocycles. The lowest BCUT2D eigenvalue weighted by molar-refractivity contribution is 0.132. The summed E-state index contributed by atoms with van der Waals surface area (Å²) in [7, 11) is 0. The van der Waals surface area contributed by atoms with Crippen molar-refractivity contribution in [1.82, 2.24) is 4.90 Å². The summed E-state index contributed by atoms with van der Waals surface area (Å²) in [4.78, 5) is 2.60. The zero-order valence-corrected chi connectivity index (χ0v) is 12.9. The van der Waals surface area contributed by atoms with E-state index in [2.05, 4.69) is 44.7 Å². The summed E-state index contributed by atoms with van der Waals surface area (Å²) in [5.74, 6) is 0.800. The quantitative estimate of drug-likeness (QED) is 0.903. The summed E-state index contributed by atoms with van der Waals surface area (Å²) < 4.78 is 0. The molecule has 1 saturated heterocycles. The predicted octanol–water partition coefficient (Wildman–Crippen LogP) is 3.34. The maximum Gasteiger partial charge on any atom is 0.0475 e. The maximum atomic E-state index is 6.12. The van der Waals surface area contributed by atoms with Gasteiger partial charge in [0, 0.05) is 19.1 Å². The average molecular weight is 260 g/mol. The largest absolute Gasteiger partial charge is 0.329 e. The molecule has 2 unspecified atom stereocenters. The second-order valence-electron chi connectivity index (χ2n) is 6.31. The molecule has 0 spiro atoms. The van der Waals surface area contributed by atoms with Crippen molar-refractivity contribution in [3.8, 4) is 0 Å². The summed E-state index contributed by atoms with van der Waals surface area (Å²) in [5, 5.41) is 0. The van der Waals surface area contributed by atoms with E-state index in [1.807, 2.05) is 0 Å². The molecule has 1 heterocycles. The molecule has 1 aromatic rings. The first-order chi connectivity index (χ1) is 9.02. The summed E-state index contributed by atoms with van der Waals surface area (Å²) in [6, 6.07) is 4.97. The Morgan fingerprint density at radius 3 is 2.42 bits per heavy atom. The van der Waals surface area contributed by atoms with Crippen LogP contribution in [0.3, 0.4) is 0 Å². The van der Waals surface area contributed by atoms with Crippen LogP contribution in [0.25, 0.3) is 0 Å². The number of piperidine rings is 1. The second-order valence-corrected chi connectivity index (χ2v) is 6.31. The Hall–Kier alpha value is -0.860. The van der Waals surface area contributed by atoms with Crippen molar-refractivity contribution < 1.29 is 0 Å². The molecular formula is C17H28N2. The Morgan fingerprint density at radius 2 is 1.89 bits per heavy atom. The number of benzene rings is 1. The smallest absolute Gasteiger partial charge is 0.0475 e. The molecule has 2 nitrogen and oxygen atoms in total. The van der Waals surface area contributed by atoms with E-state index in [0.29, 0.717) is 6.04 Å². The molecule has 0 radical (unpaired) electrons. The third kappa shape index (κ3) is 3.18. The van der Waals surface area contributed by atoms with Crippen molar-refractivity contribution in [1.29, 1.82) is 0 Å². The summed E-state index contributed by atoms with van der Waals surface area (Å²) in [5.41, 5.74) is 11.7. The SMILES string of the molecule is Cc1cc(C)c(C(CN)N2CCCC(C)C2)c(C)c1. The Bertz CT molecular complexity index is 416. The highest BCUT2D eigenvalue weighted by Gasteiger charge is 2.26. The van der Waals surface area contributed by atoms with Gasteiger partial charge < -0.3 is 5.73 Å². The van der Waals surface area contributed by atoms with Crippen LogP contribution in [0.15, 0.2) is 12.1 Å². The predicted molar refractivity (Wildman–Crippen MR) is 82.4 cm³/mol. The lowest BCUT2D eigenvalue weighted by Crippen LogP contribution is -2.41. The summed E-state index contributed by atoms with van der Waals surface area (Å²) in [6.45, 7) is 12.1. The maximum absolute atomic E-state index is 6.12. The Morgan fingerprint density at radius 1 is 1.26 bits per heavy atom. The molecule has 106 valence electrons. The van der Waals surface area contributed by atoms with Crippen LogP contribution < -0.4 is 5.73 Å². The van der Waals surface area contributed by atoms with E-state index < -0.39 is 0 Å². The molecule has 2 atom stereocenters. The molecule has 2 heteroatoms. The van der Waals surface area contributed by atoms with Crippen LogP contribution in [-0.2, 0) is 0 Å². The molecule has 1 aliphatic rings. The van der Waals surface area contributed by atoms with E-state index >= 15 is 0 Å². The van der Waals surface area contributed by atoms with E-state index in [0.717, 1.165) is 12.5 Å². The van der Waals surface area contributed by atoms with Crippen LogP contribution in [0.5, 0.6) is 0 Å². The van der Waals surface area contributed by atoms with Crippen molar-refractivity contribution in [2.75, 3.05) is 19.6 Å². The molecule has 1 aliphatic heterocycles. The summed E-state index contributed by atoms with van der Waals surface area (Å²) >= 11 is 0. The van der Waals surface area contributed by atoms with E-state index in [1.165, 1.54) is 48.2 Å². The van der Waals surface area contributed by atoms with Crippen LogP contribution in [-0.4, -0.2) is 24.5 Å². The highest BCUT2D eigenvalue weighted by atomic mass is 15.2. The van der Waals surface area contributed by atoms with Crippen LogP contribution in [0.1, 0.15) is 48.1 Å². The van der Waals surface area contributed by atoms with Crippen molar-refractivity contribution in [2.24, 2.45) is 11.7 Å². The normalized spacial score (nSPS) is 22.5. The highest BCUT2D eigenvalue weighted by Crippen LogP contribution is 2.30. The third-order valence-electron chi connectivity index (χ3n) is 4.42. The van der Waals surface area contributed by atoms with Gasteiger partial charge in [-0.3, -0.25) is 4.90 Å². The zero-order valence-electron chi connectivity index (χ0n) is 12.9. The van der Waals surface area contributed by atoms with Crippen LogP contribution in [0.2, 0.25) is 0 Å². The van der Waals surface area contributed by atoms with E-state index in [4.69, 9.17) is 5.73 Å². The standard InChI is InChI=1S/C17H28N2/c1-12-6-5-7-19(11-12)16(10-18)17-14(3)8-13(2)9-15(17)4/h8-9,12,16H,5-7,10-11,18H2,1-4H3. The number of nitrogens with two attached hydrogens (primary N) is 1.